The van der Waals surface area contributed by atoms with E-state index in [2.05, 4.69) is 10.1 Å². The number of carbonyl (C=O) groups excluding carboxylic acids is 2. The van der Waals surface area contributed by atoms with Gasteiger partial charge in [-0.3, -0.25) is 14.9 Å². The number of nitrogens with zero attached hydrogens (tertiary/aromatic N) is 2. The summed E-state index contributed by atoms with van der Waals surface area (Å²) in [6.07, 6.45) is 0. The molecule has 1 aromatic heterocycles. The molecule has 2 aromatic rings. The van der Waals surface area contributed by atoms with Crippen molar-refractivity contribution in [3.05, 3.63) is 56.3 Å². The lowest BCUT2D eigenvalue weighted by atomic mass is 10.1. The van der Waals surface area contributed by atoms with Gasteiger partial charge in [0.15, 0.2) is 0 Å². The van der Waals surface area contributed by atoms with Gasteiger partial charge in [-0.25, -0.2) is 4.79 Å². The molecule has 9 heteroatoms. The second-order valence-corrected chi connectivity index (χ2v) is 6.80. The van der Waals surface area contributed by atoms with E-state index < -0.39 is 22.8 Å². The SMILES string of the molecule is CCN(Cc1cccs1)c1ccc(C(=O)NC(C)C(=O)OC)cc1[N+](=O)[O-]. The number of carbonyl (C=O) groups is 2. The van der Waals surface area contributed by atoms with Gasteiger partial charge in [-0.15, -0.1) is 11.3 Å². The number of hydrogen-bond donors (Lipinski definition) is 1. The van der Waals surface area contributed by atoms with Crippen LogP contribution in [-0.2, 0) is 16.1 Å². The van der Waals surface area contributed by atoms with E-state index in [1.165, 1.54) is 26.2 Å². The van der Waals surface area contributed by atoms with Gasteiger partial charge in [0.25, 0.3) is 11.6 Å². The van der Waals surface area contributed by atoms with E-state index >= 15 is 0 Å². The fourth-order valence-electron chi connectivity index (χ4n) is 2.55. The van der Waals surface area contributed by atoms with Gasteiger partial charge in [-0.1, -0.05) is 6.07 Å². The van der Waals surface area contributed by atoms with Crippen molar-refractivity contribution in [3.8, 4) is 0 Å². The maximum atomic E-state index is 12.3. The smallest absolute Gasteiger partial charge is 0.328 e. The van der Waals surface area contributed by atoms with Crippen LogP contribution in [0.15, 0.2) is 35.7 Å². The van der Waals surface area contributed by atoms with Crippen LogP contribution in [-0.4, -0.2) is 36.5 Å². The molecule has 0 radical (unpaired) electrons. The van der Waals surface area contributed by atoms with Crippen LogP contribution in [0.5, 0.6) is 0 Å². The summed E-state index contributed by atoms with van der Waals surface area (Å²) in [6.45, 7) is 4.51. The van der Waals surface area contributed by atoms with Gasteiger partial charge < -0.3 is 15.0 Å². The highest BCUT2D eigenvalue weighted by Crippen LogP contribution is 2.31. The number of rotatable bonds is 8. The molecule has 0 saturated heterocycles. The second kappa shape index (κ2) is 9.13. The molecule has 1 N–H and O–H groups in total. The maximum absolute atomic E-state index is 12.3. The monoisotopic (exact) mass is 391 g/mol. The lowest BCUT2D eigenvalue weighted by Crippen LogP contribution is -2.39. The molecule has 1 heterocycles. The van der Waals surface area contributed by atoms with Gasteiger partial charge in [0.05, 0.1) is 18.6 Å². The first kappa shape index (κ1) is 20.4. The number of thiophene rings is 1. The molecule has 1 aromatic carbocycles. The van der Waals surface area contributed by atoms with Crippen molar-refractivity contribution >= 4 is 34.6 Å². The average Bonchev–Trinajstić information content (AvgIpc) is 3.17. The molecule has 0 aliphatic heterocycles. The summed E-state index contributed by atoms with van der Waals surface area (Å²) in [5, 5.41) is 16.0. The van der Waals surface area contributed by atoms with Gasteiger partial charge in [0.1, 0.15) is 11.7 Å². The van der Waals surface area contributed by atoms with Crippen LogP contribution in [0.4, 0.5) is 11.4 Å². The summed E-state index contributed by atoms with van der Waals surface area (Å²) in [4.78, 5) is 37.8. The first-order chi connectivity index (χ1) is 12.9. The molecule has 27 heavy (non-hydrogen) atoms. The van der Waals surface area contributed by atoms with Gasteiger partial charge in [0.2, 0.25) is 0 Å². The van der Waals surface area contributed by atoms with Crippen LogP contribution in [0.3, 0.4) is 0 Å². The van der Waals surface area contributed by atoms with Crippen molar-refractivity contribution in [2.75, 3.05) is 18.6 Å². The van der Waals surface area contributed by atoms with E-state index in [0.29, 0.717) is 18.8 Å². The Bertz CT molecular complexity index is 822. The third kappa shape index (κ3) is 5.04. The molecule has 0 fully saturated rings. The number of anilines is 1. The van der Waals surface area contributed by atoms with Gasteiger partial charge in [-0.2, -0.15) is 0 Å². The number of esters is 1. The highest BCUT2D eigenvalue weighted by Gasteiger charge is 2.23. The van der Waals surface area contributed by atoms with Crippen LogP contribution in [0, 0.1) is 10.1 Å². The molecule has 0 spiro atoms. The van der Waals surface area contributed by atoms with Crippen molar-refractivity contribution < 1.29 is 19.2 Å². The summed E-state index contributed by atoms with van der Waals surface area (Å²) in [5.41, 5.74) is 0.383. The normalized spacial score (nSPS) is 11.5. The summed E-state index contributed by atoms with van der Waals surface area (Å²) in [6, 6.07) is 7.34. The average molecular weight is 391 g/mol. The minimum absolute atomic E-state index is 0.105. The predicted octanol–water partition coefficient (Wildman–Crippen LogP) is 2.97. The van der Waals surface area contributed by atoms with E-state index in [1.807, 2.05) is 29.3 Å². The van der Waals surface area contributed by atoms with E-state index in [-0.39, 0.29) is 11.3 Å². The molecule has 2 rings (SSSR count). The Labute approximate surface area is 160 Å². The maximum Gasteiger partial charge on any atom is 0.328 e. The lowest BCUT2D eigenvalue weighted by molar-refractivity contribution is -0.384. The zero-order valence-electron chi connectivity index (χ0n) is 15.3. The highest BCUT2D eigenvalue weighted by atomic mass is 32.1. The Kier molecular flexibility index (Phi) is 6.89. The van der Waals surface area contributed by atoms with E-state index in [0.717, 1.165) is 4.88 Å². The Hall–Kier alpha value is -2.94. The van der Waals surface area contributed by atoms with E-state index in [9.17, 15) is 19.7 Å². The Morgan fingerprint density at radius 2 is 2.11 bits per heavy atom. The zero-order chi connectivity index (χ0) is 20.0. The van der Waals surface area contributed by atoms with Crippen molar-refractivity contribution in [1.82, 2.24) is 5.32 Å². The first-order valence-corrected chi connectivity index (χ1v) is 9.19. The van der Waals surface area contributed by atoms with Crippen LogP contribution >= 0.6 is 11.3 Å². The number of methoxy groups -OCH3 is 1. The van der Waals surface area contributed by atoms with Crippen molar-refractivity contribution in [2.45, 2.75) is 26.4 Å². The quantitative estimate of drug-likeness (QED) is 0.422. The molecular weight excluding hydrogens is 370 g/mol. The van der Waals surface area contributed by atoms with Crippen molar-refractivity contribution in [2.24, 2.45) is 0 Å². The highest BCUT2D eigenvalue weighted by molar-refractivity contribution is 7.09. The van der Waals surface area contributed by atoms with Crippen LogP contribution in [0.2, 0.25) is 0 Å². The summed E-state index contributed by atoms with van der Waals surface area (Å²) < 4.78 is 4.56. The number of benzene rings is 1. The minimum Gasteiger partial charge on any atom is -0.467 e. The topological polar surface area (TPSA) is 102 Å². The molecular formula is C18H21N3O5S. The molecule has 0 aliphatic carbocycles. The Morgan fingerprint density at radius 1 is 1.37 bits per heavy atom. The molecule has 8 nitrogen and oxygen atoms in total. The molecule has 1 atom stereocenters. The number of nitrogens with one attached hydrogen (secondary N) is 1. The van der Waals surface area contributed by atoms with E-state index in [1.54, 1.807) is 17.4 Å². The standard InChI is InChI=1S/C18H21N3O5S/c1-4-20(11-14-6-5-9-27-14)15-8-7-13(10-16(15)21(24)25)17(22)19-12(2)18(23)26-3/h5-10,12H,4,11H2,1-3H3,(H,19,22). The molecule has 0 aliphatic rings. The third-order valence-electron chi connectivity index (χ3n) is 3.99. The van der Waals surface area contributed by atoms with Gasteiger partial charge in [0, 0.05) is 23.1 Å². The number of hydrogen-bond acceptors (Lipinski definition) is 7. The first-order valence-electron chi connectivity index (χ1n) is 8.31. The summed E-state index contributed by atoms with van der Waals surface area (Å²) in [7, 11) is 1.22. The van der Waals surface area contributed by atoms with Crippen LogP contribution in [0.25, 0.3) is 0 Å². The number of amides is 1. The Morgan fingerprint density at radius 3 is 2.67 bits per heavy atom. The molecule has 144 valence electrons. The van der Waals surface area contributed by atoms with Crippen molar-refractivity contribution in [1.29, 1.82) is 0 Å². The largest absolute Gasteiger partial charge is 0.467 e. The van der Waals surface area contributed by atoms with Crippen LogP contribution in [0.1, 0.15) is 29.1 Å². The van der Waals surface area contributed by atoms with E-state index in [4.69, 9.17) is 0 Å². The molecule has 0 saturated carbocycles. The van der Waals surface area contributed by atoms with Crippen molar-refractivity contribution in [3.63, 3.8) is 0 Å². The van der Waals surface area contributed by atoms with Gasteiger partial charge >= 0.3 is 5.97 Å². The molecule has 1 amide bonds. The van der Waals surface area contributed by atoms with Gasteiger partial charge in [-0.05, 0) is 37.4 Å². The minimum atomic E-state index is -0.854. The lowest BCUT2D eigenvalue weighted by Gasteiger charge is -2.22. The zero-order valence-corrected chi connectivity index (χ0v) is 16.1. The van der Waals surface area contributed by atoms with Crippen LogP contribution < -0.4 is 10.2 Å². The second-order valence-electron chi connectivity index (χ2n) is 5.77. The Balaban J connectivity index is 2.29. The number of nitro benzene ring substituents is 1. The number of ether oxygens (including phenoxy) is 1. The molecule has 0 bridgehead atoms. The fourth-order valence-corrected chi connectivity index (χ4v) is 3.27. The predicted molar refractivity (Wildman–Crippen MR) is 103 cm³/mol. The molecule has 1 unspecified atom stereocenters. The summed E-state index contributed by atoms with van der Waals surface area (Å²) in [5.74, 6) is -1.17. The fraction of sp³-hybridized carbons (Fsp3) is 0.333. The third-order valence-corrected chi connectivity index (χ3v) is 4.85. The number of nitro groups is 1. The summed E-state index contributed by atoms with van der Waals surface area (Å²) >= 11 is 1.58.